The largest absolute Gasteiger partial charge is 0.490 e. The van der Waals surface area contributed by atoms with Crippen LogP contribution in [0.15, 0.2) is 48.5 Å². The molecule has 154 valence electrons. The normalized spacial score (nSPS) is 19.6. The van der Waals surface area contributed by atoms with Crippen LogP contribution in [0.1, 0.15) is 36.4 Å². The van der Waals surface area contributed by atoms with Crippen molar-refractivity contribution in [1.29, 1.82) is 0 Å². The molecule has 0 spiro atoms. The average molecular weight is 397 g/mol. The molecular formula is C23H28FN3O2. The summed E-state index contributed by atoms with van der Waals surface area (Å²) < 4.78 is 20.1. The van der Waals surface area contributed by atoms with E-state index in [2.05, 4.69) is 10.2 Å². The van der Waals surface area contributed by atoms with Gasteiger partial charge in [0.05, 0.1) is 12.6 Å². The molecule has 1 atom stereocenters. The summed E-state index contributed by atoms with van der Waals surface area (Å²) in [6.45, 7) is 4.80. The monoisotopic (exact) mass is 397 g/mol. The number of rotatable bonds is 8. The van der Waals surface area contributed by atoms with Crippen molar-refractivity contribution < 1.29 is 13.9 Å². The molecule has 2 saturated heterocycles. The van der Waals surface area contributed by atoms with Crippen molar-refractivity contribution in [2.24, 2.45) is 0 Å². The highest BCUT2D eigenvalue weighted by molar-refractivity contribution is 5.77. The number of amides is 2. The van der Waals surface area contributed by atoms with Gasteiger partial charge in [-0.2, -0.15) is 0 Å². The van der Waals surface area contributed by atoms with Gasteiger partial charge in [0, 0.05) is 19.6 Å². The zero-order valence-corrected chi connectivity index (χ0v) is 16.6. The molecule has 2 aliphatic heterocycles. The number of hydrogen-bond acceptors (Lipinski definition) is 3. The number of benzene rings is 2. The fourth-order valence-corrected chi connectivity index (χ4v) is 4.06. The molecule has 29 heavy (non-hydrogen) atoms. The van der Waals surface area contributed by atoms with Crippen LogP contribution in [0.2, 0.25) is 0 Å². The van der Waals surface area contributed by atoms with Crippen LogP contribution >= 0.6 is 0 Å². The molecule has 2 aromatic carbocycles. The van der Waals surface area contributed by atoms with Crippen LogP contribution in [0.4, 0.5) is 9.18 Å². The van der Waals surface area contributed by atoms with Gasteiger partial charge < -0.3 is 19.9 Å². The van der Waals surface area contributed by atoms with E-state index in [1.54, 1.807) is 11.0 Å². The maximum atomic E-state index is 14.4. The van der Waals surface area contributed by atoms with Crippen molar-refractivity contribution in [2.75, 3.05) is 32.8 Å². The van der Waals surface area contributed by atoms with E-state index in [9.17, 15) is 9.18 Å². The molecule has 2 aliphatic rings. The zero-order valence-electron chi connectivity index (χ0n) is 16.6. The predicted molar refractivity (Wildman–Crippen MR) is 110 cm³/mol. The predicted octanol–water partition coefficient (Wildman–Crippen LogP) is 3.96. The second-order valence-electron chi connectivity index (χ2n) is 7.81. The van der Waals surface area contributed by atoms with Gasteiger partial charge in [0.2, 0.25) is 0 Å². The highest BCUT2D eigenvalue weighted by Crippen LogP contribution is 2.24. The lowest BCUT2D eigenvalue weighted by Gasteiger charge is -2.16. The van der Waals surface area contributed by atoms with Crippen LogP contribution in [0.5, 0.6) is 5.75 Å². The molecular weight excluding hydrogens is 369 g/mol. The summed E-state index contributed by atoms with van der Waals surface area (Å²) in [6, 6.07) is 14.7. The number of urea groups is 1. The fourth-order valence-electron chi connectivity index (χ4n) is 4.06. The molecule has 0 unspecified atom stereocenters. The van der Waals surface area contributed by atoms with Gasteiger partial charge in [0.15, 0.2) is 11.6 Å². The SMILES string of the molecule is O=C1N[C@@H](c2ccccc2)CN1Cc1ccc(OCCCN2CCCC2)c(F)c1. The Kier molecular flexibility index (Phi) is 6.30. The molecule has 1 N–H and O–H groups in total. The standard InChI is InChI=1S/C23H28FN3O2/c24-20-15-18(9-10-22(20)29-14-6-13-26-11-4-5-12-26)16-27-17-21(25-23(27)28)19-7-2-1-3-8-19/h1-3,7-10,15,21H,4-6,11-14,16-17H2,(H,25,28)/t21-/m1/s1. The lowest BCUT2D eigenvalue weighted by Crippen LogP contribution is -2.27. The average Bonchev–Trinajstić information content (AvgIpc) is 3.37. The molecule has 0 radical (unpaired) electrons. The Morgan fingerprint density at radius 3 is 2.66 bits per heavy atom. The lowest BCUT2D eigenvalue weighted by molar-refractivity contribution is 0.215. The molecule has 5 nitrogen and oxygen atoms in total. The van der Waals surface area contributed by atoms with E-state index in [1.165, 1.54) is 18.9 Å². The second-order valence-corrected chi connectivity index (χ2v) is 7.81. The third-order valence-electron chi connectivity index (χ3n) is 5.63. The van der Waals surface area contributed by atoms with Crippen LogP contribution < -0.4 is 10.1 Å². The van der Waals surface area contributed by atoms with Crippen LogP contribution in [0, 0.1) is 5.82 Å². The van der Waals surface area contributed by atoms with Crippen molar-refractivity contribution in [2.45, 2.75) is 31.8 Å². The minimum atomic E-state index is -0.372. The van der Waals surface area contributed by atoms with Crippen molar-refractivity contribution in [3.8, 4) is 5.75 Å². The first-order chi connectivity index (χ1) is 14.2. The number of carbonyl (C=O) groups excluding carboxylic acids is 1. The summed E-state index contributed by atoms with van der Waals surface area (Å²) in [7, 11) is 0. The van der Waals surface area contributed by atoms with Gasteiger partial charge in [-0.1, -0.05) is 36.4 Å². The molecule has 0 bridgehead atoms. The molecule has 2 aromatic rings. The number of nitrogens with zero attached hydrogens (tertiary/aromatic N) is 2. The highest BCUT2D eigenvalue weighted by atomic mass is 19.1. The topological polar surface area (TPSA) is 44.8 Å². The Balaban J connectivity index is 1.28. The number of carbonyl (C=O) groups is 1. The van der Waals surface area contributed by atoms with Gasteiger partial charge >= 0.3 is 6.03 Å². The van der Waals surface area contributed by atoms with Crippen LogP contribution in [-0.2, 0) is 6.54 Å². The number of likely N-dealkylation sites (tertiary alicyclic amines) is 1. The van der Waals surface area contributed by atoms with Gasteiger partial charge in [-0.25, -0.2) is 9.18 Å². The Morgan fingerprint density at radius 1 is 1.10 bits per heavy atom. The van der Waals surface area contributed by atoms with Gasteiger partial charge in [0.1, 0.15) is 0 Å². The first kappa shape index (κ1) is 19.7. The maximum Gasteiger partial charge on any atom is 0.318 e. The third-order valence-corrected chi connectivity index (χ3v) is 5.63. The molecule has 2 heterocycles. The number of ether oxygens (including phenoxy) is 1. The number of halogens is 1. The first-order valence-corrected chi connectivity index (χ1v) is 10.4. The minimum absolute atomic E-state index is 0.0354. The molecule has 6 heteroatoms. The molecule has 2 fully saturated rings. The van der Waals surface area contributed by atoms with E-state index in [0.717, 1.165) is 37.2 Å². The Hall–Kier alpha value is -2.60. The van der Waals surface area contributed by atoms with Gasteiger partial charge in [-0.05, 0) is 55.6 Å². The smallest absolute Gasteiger partial charge is 0.318 e. The maximum absolute atomic E-state index is 14.4. The van der Waals surface area contributed by atoms with E-state index in [4.69, 9.17) is 4.74 Å². The van der Waals surface area contributed by atoms with Gasteiger partial charge in [-0.3, -0.25) is 0 Å². The minimum Gasteiger partial charge on any atom is -0.490 e. The van der Waals surface area contributed by atoms with Gasteiger partial charge in [-0.15, -0.1) is 0 Å². The summed E-state index contributed by atoms with van der Waals surface area (Å²) in [5, 5.41) is 2.99. The van der Waals surface area contributed by atoms with Crippen molar-refractivity contribution in [1.82, 2.24) is 15.1 Å². The number of nitrogens with one attached hydrogen (secondary N) is 1. The Morgan fingerprint density at radius 2 is 1.90 bits per heavy atom. The molecule has 2 amide bonds. The van der Waals surface area contributed by atoms with E-state index in [0.29, 0.717) is 19.7 Å². The van der Waals surface area contributed by atoms with Gasteiger partial charge in [0.25, 0.3) is 0 Å². The second kappa shape index (κ2) is 9.27. The highest BCUT2D eigenvalue weighted by Gasteiger charge is 2.29. The van der Waals surface area contributed by atoms with E-state index < -0.39 is 0 Å². The van der Waals surface area contributed by atoms with Crippen molar-refractivity contribution in [3.63, 3.8) is 0 Å². The van der Waals surface area contributed by atoms with E-state index in [-0.39, 0.29) is 23.6 Å². The molecule has 4 rings (SSSR count). The quantitative estimate of drug-likeness (QED) is 0.686. The lowest BCUT2D eigenvalue weighted by atomic mass is 10.1. The number of hydrogen-bond donors (Lipinski definition) is 1. The summed E-state index contributed by atoms with van der Waals surface area (Å²) >= 11 is 0. The molecule has 0 aliphatic carbocycles. The summed E-state index contributed by atoms with van der Waals surface area (Å²) in [6.07, 6.45) is 3.45. The zero-order chi connectivity index (χ0) is 20.1. The Bertz CT molecular complexity index is 824. The third kappa shape index (κ3) is 5.07. The van der Waals surface area contributed by atoms with Crippen molar-refractivity contribution in [3.05, 3.63) is 65.5 Å². The summed E-state index contributed by atoms with van der Waals surface area (Å²) in [4.78, 5) is 16.4. The molecule has 0 saturated carbocycles. The first-order valence-electron chi connectivity index (χ1n) is 10.4. The molecule has 0 aromatic heterocycles. The van der Waals surface area contributed by atoms with Crippen molar-refractivity contribution >= 4 is 6.03 Å². The van der Waals surface area contributed by atoms with E-state index in [1.807, 2.05) is 36.4 Å². The fraction of sp³-hybridized carbons (Fsp3) is 0.435. The summed E-state index contributed by atoms with van der Waals surface area (Å²) in [5.41, 5.74) is 1.84. The van der Waals surface area contributed by atoms with Crippen LogP contribution in [0.3, 0.4) is 0 Å². The Labute approximate surface area is 171 Å². The van der Waals surface area contributed by atoms with E-state index >= 15 is 0 Å². The van der Waals surface area contributed by atoms with Crippen LogP contribution in [-0.4, -0.2) is 48.6 Å². The summed E-state index contributed by atoms with van der Waals surface area (Å²) in [5.74, 6) is -0.0916. The van der Waals surface area contributed by atoms with Crippen LogP contribution in [0.25, 0.3) is 0 Å².